The Balaban J connectivity index is 1.73. The van der Waals surface area contributed by atoms with Crippen molar-refractivity contribution in [1.29, 1.82) is 0 Å². The third-order valence-electron chi connectivity index (χ3n) is 5.70. The van der Waals surface area contributed by atoms with Gasteiger partial charge in [-0.25, -0.2) is 18.2 Å². The van der Waals surface area contributed by atoms with Gasteiger partial charge >= 0.3 is 0 Å². The zero-order valence-electron chi connectivity index (χ0n) is 18.6. The summed E-state index contributed by atoms with van der Waals surface area (Å²) in [5.41, 5.74) is 0.0320. The summed E-state index contributed by atoms with van der Waals surface area (Å²) >= 11 is 0. The highest BCUT2D eigenvalue weighted by atomic mass is 19.1. The minimum atomic E-state index is -0.948. The SMILES string of the molecule is Cc1cc(F)ccc1-c1nc(NCC(=O)NC2CC2)nc2c1ccc(=O)n2-c1c(F)cccc1F. The molecule has 5 rings (SSSR count). The quantitative estimate of drug-likeness (QED) is 0.439. The van der Waals surface area contributed by atoms with Gasteiger partial charge in [0.2, 0.25) is 11.9 Å². The number of nitrogens with one attached hydrogen (secondary N) is 2. The maximum Gasteiger partial charge on any atom is 0.256 e. The van der Waals surface area contributed by atoms with Gasteiger partial charge in [0, 0.05) is 23.1 Å². The van der Waals surface area contributed by atoms with Crippen LogP contribution >= 0.6 is 0 Å². The lowest BCUT2D eigenvalue weighted by Crippen LogP contribution is -2.32. The fourth-order valence-electron chi connectivity index (χ4n) is 3.88. The van der Waals surface area contributed by atoms with Crippen LogP contribution in [0.5, 0.6) is 0 Å². The normalized spacial score (nSPS) is 13.1. The lowest BCUT2D eigenvalue weighted by atomic mass is 10.0. The molecule has 1 fully saturated rings. The van der Waals surface area contributed by atoms with Crippen LogP contribution in [0.25, 0.3) is 28.0 Å². The van der Waals surface area contributed by atoms with Crippen molar-refractivity contribution < 1.29 is 18.0 Å². The van der Waals surface area contributed by atoms with Gasteiger partial charge in [0.25, 0.3) is 5.56 Å². The summed E-state index contributed by atoms with van der Waals surface area (Å²) in [4.78, 5) is 33.9. The molecule has 7 nitrogen and oxygen atoms in total. The van der Waals surface area contributed by atoms with Gasteiger partial charge in [-0.1, -0.05) is 6.07 Å². The van der Waals surface area contributed by atoms with Crippen LogP contribution in [0, 0.1) is 24.4 Å². The number of carbonyl (C=O) groups excluding carboxylic acids is 1. The van der Waals surface area contributed by atoms with Crippen molar-refractivity contribution in [3.05, 3.63) is 81.9 Å². The maximum atomic E-state index is 14.7. The zero-order valence-corrected chi connectivity index (χ0v) is 18.6. The van der Waals surface area contributed by atoms with Crippen LogP contribution in [-0.4, -0.2) is 33.0 Å². The van der Waals surface area contributed by atoms with E-state index in [0.717, 1.165) is 35.6 Å². The van der Waals surface area contributed by atoms with Crippen LogP contribution in [0.15, 0.2) is 53.3 Å². The van der Waals surface area contributed by atoms with Crippen molar-refractivity contribution in [2.45, 2.75) is 25.8 Å². The van der Waals surface area contributed by atoms with Crippen LogP contribution < -0.4 is 16.2 Å². The molecule has 10 heteroatoms. The largest absolute Gasteiger partial charge is 0.352 e. The first kappa shape index (κ1) is 22.6. The molecule has 0 atom stereocenters. The van der Waals surface area contributed by atoms with Gasteiger partial charge in [-0.2, -0.15) is 4.98 Å². The molecule has 0 unspecified atom stereocenters. The van der Waals surface area contributed by atoms with Crippen molar-refractivity contribution >= 4 is 22.9 Å². The topological polar surface area (TPSA) is 88.9 Å². The van der Waals surface area contributed by atoms with Crippen molar-refractivity contribution in [3.63, 3.8) is 0 Å². The second kappa shape index (κ2) is 8.86. The summed E-state index contributed by atoms with van der Waals surface area (Å²) in [5.74, 6) is -2.63. The van der Waals surface area contributed by atoms with Crippen LogP contribution in [0.2, 0.25) is 0 Å². The van der Waals surface area contributed by atoms with Gasteiger partial charge in [-0.3, -0.25) is 14.2 Å². The zero-order chi connectivity index (χ0) is 24.7. The molecule has 1 aliphatic rings. The fraction of sp³-hybridized carbons (Fsp3) is 0.200. The van der Waals surface area contributed by atoms with E-state index in [9.17, 15) is 22.8 Å². The number of aromatic nitrogens is 3. The van der Waals surface area contributed by atoms with E-state index in [4.69, 9.17) is 0 Å². The van der Waals surface area contributed by atoms with Gasteiger partial charge in [-0.05, 0) is 61.7 Å². The number of aryl methyl sites for hydroxylation is 1. The lowest BCUT2D eigenvalue weighted by molar-refractivity contribution is -0.119. The summed E-state index contributed by atoms with van der Waals surface area (Å²) in [6.45, 7) is 1.55. The van der Waals surface area contributed by atoms with Crippen molar-refractivity contribution in [3.8, 4) is 16.9 Å². The molecule has 2 aromatic heterocycles. The third-order valence-corrected chi connectivity index (χ3v) is 5.70. The number of carbonyl (C=O) groups is 1. The number of amides is 1. The van der Waals surface area contributed by atoms with Crippen LogP contribution in [0.4, 0.5) is 19.1 Å². The van der Waals surface area contributed by atoms with Crippen LogP contribution in [-0.2, 0) is 4.79 Å². The molecule has 1 aliphatic carbocycles. The summed E-state index contributed by atoms with van der Waals surface area (Å²) in [7, 11) is 0. The Hall–Kier alpha value is -4.21. The Kier molecular flexibility index (Phi) is 5.72. The Morgan fingerprint density at radius 3 is 2.49 bits per heavy atom. The standard InChI is InChI=1S/C25H20F3N5O2/c1-13-11-14(26)5-8-16(13)22-17-9-10-21(35)33(23-18(27)3-2-4-19(23)28)24(17)32-25(31-22)29-12-20(34)30-15-6-7-15/h2-5,8-11,15H,6-7,12H2,1H3,(H,30,34)(H,29,31,32). The van der Waals surface area contributed by atoms with E-state index >= 15 is 0 Å². The minimum absolute atomic E-state index is 0.0294. The monoisotopic (exact) mass is 479 g/mol. The summed E-state index contributed by atoms with van der Waals surface area (Å²) in [5, 5.41) is 5.97. The minimum Gasteiger partial charge on any atom is -0.352 e. The molecular weight excluding hydrogens is 459 g/mol. The number of anilines is 1. The molecule has 0 saturated heterocycles. The third kappa shape index (κ3) is 4.46. The number of fused-ring (bicyclic) bond motifs is 1. The predicted molar refractivity (Wildman–Crippen MR) is 125 cm³/mol. The second-order valence-electron chi connectivity index (χ2n) is 8.36. The molecule has 0 bridgehead atoms. The number of halogens is 3. The predicted octanol–water partition coefficient (Wildman–Crippen LogP) is 3.86. The number of pyridine rings is 1. The average Bonchev–Trinajstić information content (AvgIpc) is 3.62. The van der Waals surface area contributed by atoms with Gasteiger partial charge in [0.1, 0.15) is 23.1 Å². The highest BCUT2D eigenvalue weighted by molar-refractivity contribution is 5.93. The number of nitrogens with zero attached hydrogens (tertiary/aromatic N) is 3. The van der Waals surface area contributed by atoms with E-state index in [2.05, 4.69) is 20.6 Å². The number of rotatable bonds is 6. The number of para-hydroxylation sites is 1. The number of hydrogen-bond acceptors (Lipinski definition) is 5. The molecule has 178 valence electrons. The first-order valence-corrected chi connectivity index (χ1v) is 11.0. The van der Waals surface area contributed by atoms with Gasteiger partial charge < -0.3 is 10.6 Å². The van der Waals surface area contributed by atoms with Gasteiger partial charge in [-0.15, -0.1) is 0 Å². The van der Waals surface area contributed by atoms with E-state index in [-0.39, 0.29) is 30.1 Å². The Morgan fingerprint density at radius 1 is 1.06 bits per heavy atom. The molecule has 0 radical (unpaired) electrons. The van der Waals surface area contributed by atoms with E-state index in [0.29, 0.717) is 22.2 Å². The van der Waals surface area contributed by atoms with E-state index in [1.54, 1.807) is 6.92 Å². The molecule has 2 aromatic carbocycles. The molecule has 35 heavy (non-hydrogen) atoms. The highest BCUT2D eigenvalue weighted by Crippen LogP contribution is 2.31. The van der Waals surface area contributed by atoms with Crippen LogP contribution in [0.1, 0.15) is 18.4 Å². The smallest absolute Gasteiger partial charge is 0.256 e. The highest BCUT2D eigenvalue weighted by Gasteiger charge is 2.24. The molecule has 0 aliphatic heterocycles. The second-order valence-corrected chi connectivity index (χ2v) is 8.36. The first-order valence-electron chi connectivity index (χ1n) is 11.0. The lowest BCUT2D eigenvalue weighted by Gasteiger charge is -2.16. The van der Waals surface area contributed by atoms with Crippen molar-refractivity contribution in [1.82, 2.24) is 19.9 Å². The molecule has 1 amide bonds. The van der Waals surface area contributed by atoms with E-state index in [1.165, 1.54) is 30.3 Å². The fourth-order valence-corrected chi connectivity index (χ4v) is 3.88. The maximum absolute atomic E-state index is 14.7. The first-order chi connectivity index (χ1) is 16.8. The van der Waals surface area contributed by atoms with Crippen LogP contribution in [0.3, 0.4) is 0 Å². The molecule has 2 N–H and O–H groups in total. The van der Waals surface area contributed by atoms with Gasteiger partial charge in [0.05, 0.1) is 12.2 Å². The summed E-state index contributed by atoms with van der Waals surface area (Å²) < 4.78 is 44.0. The number of benzene rings is 2. The molecule has 4 aromatic rings. The molecule has 2 heterocycles. The Bertz CT molecular complexity index is 1510. The van der Waals surface area contributed by atoms with Crippen molar-refractivity contribution in [2.24, 2.45) is 0 Å². The van der Waals surface area contributed by atoms with Crippen molar-refractivity contribution in [2.75, 3.05) is 11.9 Å². The summed E-state index contributed by atoms with van der Waals surface area (Å²) in [6, 6.07) is 10.2. The van der Waals surface area contributed by atoms with Gasteiger partial charge in [0.15, 0.2) is 5.65 Å². The Morgan fingerprint density at radius 2 is 1.80 bits per heavy atom. The average molecular weight is 479 g/mol. The van der Waals surface area contributed by atoms with E-state index < -0.39 is 28.7 Å². The summed E-state index contributed by atoms with van der Waals surface area (Å²) in [6.07, 6.45) is 1.85. The van der Waals surface area contributed by atoms with E-state index in [1.807, 2.05) is 0 Å². The molecular formula is C25H20F3N5O2. The molecule has 1 saturated carbocycles. The molecule has 0 spiro atoms. The number of hydrogen-bond donors (Lipinski definition) is 2. The Labute approximate surface area is 197 Å².